The minimum atomic E-state index is -0.508. The van der Waals surface area contributed by atoms with E-state index in [2.05, 4.69) is 4.98 Å². The number of oxazole rings is 1. The van der Waals surface area contributed by atoms with E-state index < -0.39 is 5.97 Å². The van der Waals surface area contributed by atoms with Crippen molar-refractivity contribution in [3.63, 3.8) is 0 Å². The molecule has 0 radical (unpaired) electrons. The van der Waals surface area contributed by atoms with Crippen molar-refractivity contribution >= 4 is 17.7 Å². The monoisotopic (exact) mass is 339 g/mol. The van der Waals surface area contributed by atoms with Crippen LogP contribution in [0.25, 0.3) is 11.5 Å². The average Bonchev–Trinajstić information content (AvgIpc) is 3.00. The van der Waals surface area contributed by atoms with Crippen LogP contribution >= 0.6 is 11.8 Å². The highest BCUT2D eigenvalue weighted by atomic mass is 32.2. The van der Waals surface area contributed by atoms with Gasteiger partial charge in [0.05, 0.1) is 7.11 Å². The summed E-state index contributed by atoms with van der Waals surface area (Å²) < 4.78 is 10.7. The summed E-state index contributed by atoms with van der Waals surface area (Å²) in [6.45, 7) is 4.04. The van der Waals surface area contributed by atoms with Gasteiger partial charge in [-0.25, -0.2) is 9.78 Å². The molecule has 0 atom stereocenters. The quantitative estimate of drug-likeness (QED) is 0.633. The summed E-state index contributed by atoms with van der Waals surface area (Å²) in [5, 5.41) is 0.432. The highest BCUT2D eigenvalue weighted by Gasteiger charge is 2.22. The fraction of sp³-hybridized carbons (Fsp3) is 0.158. The van der Waals surface area contributed by atoms with Crippen LogP contribution in [-0.4, -0.2) is 18.1 Å². The second kappa shape index (κ2) is 6.93. The second-order valence-corrected chi connectivity index (χ2v) is 6.47. The Morgan fingerprint density at radius 2 is 1.58 bits per heavy atom. The van der Waals surface area contributed by atoms with Gasteiger partial charge >= 0.3 is 5.97 Å². The van der Waals surface area contributed by atoms with Gasteiger partial charge in [0.2, 0.25) is 16.7 Å². The lowest BCUT2D eigenvalue weighted by Gasteiger charge is -2.00. The van der Waals surface area contributed by atoms with Gasteiger partial charge in [-0.2, -0.15) is 0 Å². The molecule has 0 saturated carbocycles. The smallest absolute Gasteiger partial charge is 0.361 e. The predicted molar refractivity (Wildman–Crippen MR) is 93.3 cm³/mol. The van der Waals surface area contributed by atoms with Crippen molar-refractivity contribution in [1.29, 1.82) is 0 Å². The van der Waals surface area contributed by atoms with E-state index in [0.29, 0.717) is 11.0 Å². The zero-order chi connectivity index (χ0) is 17.1. The van der Waals surface area contributed by atoms with Crippen LogP contribution in [0.3, 0.4) is 0 Å². The first-order valence-electron chi connectivity index (χ1n) is 7.47. The van der Waals surface area contributed by atoms with Gasteiger partial charge in [-0.05, 0) is 49.9 Å². The maximum absolute atomic E-state index is 12.0. The first kappa shape index (κ1) is 16.3. The van der Waals surface area contributed by atoms with E-state index in [-0.39, 0.29) is 5.69 Å². The van der Waals surface area contributed by atoms with Crippen molar-refractivity contribution in [2.24, 2.45) is 0 Å². The van der Waals surface area contributed by atoms with Gasteiger partial charge in [0.15, 0.2) is 0 Å². The molecule has 0 fully saturated rings. The van der Waals surface area contributed by atoms with Crippen molar-refractivity contribution in [2.75, 3.05) is 7.11 Å². The van der Waals surface area contributed by atoms with Gasteiger partial charge in [0, 0.05) is 10.5 Å². The molecule has 0 aliphatic rings. The van der Waals surface area contributed by atoms with E-state index in [1.54, 1.807) is 0 Å². The number of benzene rings is 2. The summed E-state index contributed by atoms with van der Waals surface area (Å²) in [6.07, 6.45) is 0. The lowest BCUT2D eigenvalue weighted by molar-refractivity contribution is 0.0588. The van der Waals surface area contributed by atoms with E-state index in [0.717, 1.165) is 16.0 Å². The lowest BCUT2D eigenvalue weighted by Crippen LogP contribution is -2.02. The van der Waals surface area contributed by atoms with Crippen LogP contribution in [0, 0.1) is 13.8 Å². The van der Waals surface area contributed by atoms with Crippen LogP contribution in [0.15, 0.2) is 62.9 Å². The number of ether oxygens (including phenoxy) is 1. The number of hydrogen-bond donors (Lipinski definition) is 0. The molecule has 3 aromatic rings. The molecule has 0 aliphatic heterocycles. The van der Waals surface area contributed by atoms with Crippen molar-refractivity contribution in [3.8, 4) is 11.5 Å². The third-order valence-corrected chi connectivity index (χ3v) is 4.47. The minimum Gasteiger partial charge on any atom is -0.464 e. The molecule has 0 N–H and O–H groups in total. The number of nitrogens with zero attached hydrogens (tertiary/aromatic N) is 1. The van der Waals surface area contributed by atoms with Crippen LogP contribution in [-0.2, 0) is 4.74 Å². The molecule has 4 nitrogen and oxygen atoms in total. The van der Waals surface area contributed by atoms with Crippen LogP contribution in [0.5, 0.6) is 0 Å². The number of esters is 1. The van der Waals surface area contributed by atoms with Gasteiger partial charge in [-0.15, -0.1) is 0 Å². The second-order valence-electron chi connectivity index (χ2n) is 5.43. The van der Waals surface area contributed by atoms with Crippen molar-refractivity contribution in [3.05, 3.63) is 65.4 Å². The zero-order valence-corrected chi connectivity index (χ0v) is 14.5. The van der Waals surface area contributed by atoms with Gasteiger partial charge in [-0.3, -0.25) is 0 Å². The molecule has 0 unspecified atom stereocenters. The van der Waals surface area contributed by atoms with Crippen molar-refractivity contribution in [1.82, 2.24) is 4.98 Å². The highest BCUT2D eigenvalue weighted by Crippen LogP contribution is 2.34. The molecule has 1 aromatic heterocycles. The fourth-order valence-electron chi connectivity index (χ4n) is 2.13. The summed E-state index contributed by atoms with van der Waals surface area (Å²) in [5.41, 5.74) is 3.33. The van der Waals surface area contributed by atoms with Gasteiger partial charge in [-0.1, -0.05) is 35.4 Å². The number of aromatic nitrogens is 1. The first-order valence-corrected chi connectivity index (χ1v) is 8.29. The van der Waals surface area contributed by atoms with Crippen LogP contribution in [0.1, 0.15) is 21.6 Å². The van der Waals surface area contributed by atoms with E-state index in [9.17, 15) is 4.79 Å². The van der Waals surface area contributed by atoms with E-state index in [1.807, 2.05) is 62.4 Å². The largest absolute Gasteiger partial charge is 0.464 e. The molecule has 0 spiro atoms. The first-order chi connectivity index (χ1) is 11.6. The van der Waals surface area contributed by atoms with Gasteiger partial charge in [0.1, 0.15) is 0 Å². The molecular formula is C19H17NO3S. The number of hydrogen-bond acceptors (Lipinski definition) is 5. The Kier molecular flexibility index (Phi) is 4.71. The topological polar surface area (TPSA) is 52.3 Å². The van der Waals surface area contributed by atoms with Crippen LogP contribution in [0.4, 0.5) is 0 Å². The van der Waals surface area contributed by atoms with E-state index >= 15 is 0 Å². The molecule has 1 heterocycles. The summed E-state index contributed by atoms with van der Waals surface area (Å²) in [6, 6.07) is 15.8. The Labute approximate surface area is 144 Å². The number of rotatable bonds is 4. The predicted octanol–water partition coefficient (Wildman–Crippen LogP) is 4.90. The molecule has 24 heavy (non-hydrogen) atoms. The van der Waals surface area contributed by atoms with Crippen LogP contribution in [0.2, 0.25) is 0 Å². The van der Waals surface area contributed by atoms with Crippen LogP contribution < -0.4 is 0 Å². The number of carbonyl (C=O) groups excluding carboxylic acids is 1. The average molecular weight is 339 g/mol. The summed E-state index contributed by atoms with van der Waals surface area (Å²) >= 11 is 1.36. The number of aryl methyl sites for hydroxylation is 2. The Hall–Kier alpha value is -2.53. The molecule has 122 valence electrons. The zero-order valence-electron chi connectivity index (χ0n) is 13.7. The maximum atomic E-state index is 12.0. The molecule has 0 bridgehead atoms. The molecule has 0 saturated heterocycles. The lowest BCUT2D eigenvalue weighted by atomic mass is 10.1. The Bertz CT molecular complexity index is 851. The van der Waals surface area contributed by atoms with Crippen molar-refractivity contribution < 1.29 is 13.9 Å². The molecule has 2 aromatic carbocycles. The van der Waals surface area contributed by atoms with E-state index in [4.69, 9.17) is 9.15 Å². The molecule has 0 amide bonds. The number of carbonyl (C=O) groups is 1. The highest BCUT2D eigenvalue weighted by molar-refractivity contribution is 7.99. The molecular weight excluding hydrogens is 322 g/mol. The molecule has 5 heteroatoms. The summed E-state index contributed by atoms with van der Waals surface area (Å²) in [5.74, 6) is -0.100. The molecule has 3 rings (SSSR count). The van der Waals surface area contributed by atoms with E-state index in [1.165, 1.54) is 24.4 Å². The molecule has 0 aliphatic carbocycles. The summed E-state index contributed by atoms with van der Waals surface area (Å²) in [7, 11) is 1.34. The number of methoxy groups -OCH3 is 1. The Morgan fingerprint density at radius 3 is 2.17 bits per heavy atom. The standard InChI is InChI=1S/C19H17NO3S/c1-12-4-8-14(9-5-12)17-20-16(18(21)22-3)19(23-17)24-15-10-6-13(2)7-11-15/h4-11H,1-3H3. The third-order valence-electron chi connectivity index (χ3n) is 3.50. The third kappa shape index (κ3) is 3.51. The Morgan fingerprint density at radius 1 is 1.00 bits per heavy atom. The SMILES string of the molecule is COC(=O)c1nc(-c2ccc(C)cc2)oc1Sc1ccc(C)cc1. The fourth-order valence-corrected chi connectivity index (χ4v) is 2.97. The minimum absolute atomic E-state index is 0.193. The Balaban J connectivity index is 1.98. The van der Waals surface area contributed by atoms with Gasteiger partial charge in [0.25, 0.3) is 0 Å². The summed E-state index contributed by atoms with van der Waals surface area (Å²) in [4.78, 5) is 17.3. The normalized spacial score (nSPS) is 10.6. The maximum Gasteiger partial charge on any atom is 0.361 e. The van der Waals surface area contributed by atoms with Gasteiger partial charge < -0.3 is 9.15 Å². The van der Waals surface area contributed by atoms with Crippen molar-refractivity contribution in [2.45, 2.75) is 23.8 Å².